The highest BCUT2D eigenvalue weighted by Gasteiger charge is 2.01. The van der Waals surface area contributed by atoms with Gasteiger partial charge in [0.1, 0.15) is 5.75 Å². The Morgan fingerprint density at radius 1 is 1.24 bits per heavy atom. The molecule has 0 aliphatic rings. The molecule has 98 valence electrons. The number of hydrogen-bond acceptors (Lipinski definition) is 4. The van der Waals surface area contributed by atoms with Gasteiger partial charge >= 0.3 is 8.25 Å². The Hall–Kier alpha value is -0.310. The molecule has 1 heterocycles. The van der Waals surface area contributed by atoms with E-state index in [9.17, 15) is 4.57 Å². The van der Waals surface area contributed by atoms with Crippen LogP contribution in [0.2, 0.25) is 0 Å². The fourth-order valence-electron chi connectivity index (χ4n) is 1.47. The Labute approximate surface area is 108 Å². The maximum Gasteiger partial charge on any atom is 0.367 e. The zero-order valence-electron chi connectivity index (χ0n) is 10.3. The van der Waals surface area contributed by atoms with Crippen molar-refractivity contribution < 1.29 is 13.6 Å². The highest BCUT2D eigenvalue weighted by atomic mass is 32.1. The van der Waals surface area contributed by atoms with E-state index >= 15 is 0 Å². The molecule has 0 fully saturated rings. The van der Waals surface area contributed by atoms with Crippen molar-refractivity contribution in [1.82, 2.24) is 0 Å². The first-order valence-electron chi connectivity index (χ1n) is 6.19. The second-order valence-corrected chi connectivity index (χ2v) is 5.70. The third-order valence-electron chi connectivity index (χ3n) is 2.41. The molecule has 0 aliphatic heterocycles. The van der Waals surface area contributed by atoms with Crippen molar-refractivity contribution in [2.24, 2.45) is 0 Å². The predicted molar refractivity (Wildman–Crippen MR) is 73.3 cm³/mol. The van der Waals surface area contributed by atoms with Crippen LogP contribution in [0.4, 0.5) is 0 Å². The molecule has 3 nitrogen and oxygen atoms in total. The predicted octanol–water partition coefficient (Wildman–Crippen LogP) is 4.89. The monoisotopic (exact) mass is 276 g/mol. The molecule has 0 spiro atoms. The van der Waals surface area contributed by atoms with E-state index < -0.39 is 8.25 Å². The van der Waals surface area contributed by atoms with Gasteiger partial charge in [0.2, 0.25) is 0 Å². The van der Waals surface area contributed by atoms with Crippen LogP contribution in [-0.2, 0) is 9.09 Å². The van der Waals surface area contributed by atoms with Crippen LogP contribution in [0.15, 0.2) is 16.8 Å². The van der Waals surface area contributed by atoms with Crippen molar-refractivity contribution in [3.05, 3.63) is 16.8 Å². The summed E-state index contributed by atoms with van der Waals surface area (Å²) in [7, 11) is -2.35. The average Bonchev–Trinajstić information content (AvgIpc) is 2.80. The summed E-state index contributed by atoms with van der Waals surface area (Å²) in [5.41, 5.74) is 0. The molecule has 0 bridgehead atoms. The maximum atomic E-state index is 11.4. The molecule has 0 saturated heterocycles. The molecule has 1 aromatic heterocycles. The first-order valence-corrected chi connectivity index (χ1v) is 8.36. The Morgan fingerprint density at radius 3 is 2.71 bits per heavy atom. The number of unbranched alkanes of at least 4 members (excludes halogenated alkanes) is 5. The first kappa shape index (κ1) is 14.7. The van der Waals surface area contributed by atoms with Gasteiger partial charge in [-0.15, -0.1) is 11.3 Å². The minimum atomic E-state index is -2.35. The zero-order valence-corrected chi connectivity index (χ0v) is 12.1. The Kier molecular flexibility index (Phi) is 8.41. The van der Waals surface area contributed by atoms with Crippen molar-refractivity contribution >= 4 is 19.6 Å². The molecule has 5 heteroatoms. The van der Waals surface area contributed by atoms with E-state index in [1.807, 2.05) is 10.8 Å². The van der Waals surface area contributed by atoms with Crippen LogP contribution in [0, 0.1) is 0 Å². The maximum absolute atomic E-state index is 11.4. The summed E-state index contributed by atoms with van der Waals surface area (Å²) in [6.45, 7) is 2.74. The fourth-order valence-corrected chi connectivity index (χ4v) is 2.80. The lowest BCUT2D eigenvalue weighted by atomic mass is 10.1. The molecule has 0 N–H and O–H groups in total. The minimum Gasteiger partial charge on any atom is -0.425 e. The molecular formula is C12H21O3PS. The van der Waals surface area contributed by atoms with Gasteiger partial charge in [-0.1, -0.05) is 39.0 Å². The number of thiophene rings is 1. The van der Waals surface area contributed by atoms with Gasteiger partial charge in [-0.05, 0) is 17.9 Å². The van der Waals surface area contributed by atoms with Crippen LogP contribution < -0.4 is 4.52 Å². The Bertz CT molecular complexity index is 301. The van der Waals surface area contributed by atoms with Crippen LogP contribution in [-0.4, -0.2) is 6.61 Å². The summed E-state index contributed by atoms with van der Waals surface area (Å²) in [6, 6.07) is 1.79. The van der Waals surface area contributed by atoms with E-state index in [0.717, 1.165) is 12.8 Å². The Balaban J connectivity index is 1.94. The summed E-state index contributed by atoms with van der Waals surface area (Å²) >= 11 is 1.52. The molecule has 0 aromatic carbocycles. The van der Waals surface area contributed by atoms with Crippen LogP contribution in [0.5, 0.6) is 5.75 Å². The summed E-state index contributed by atoms with van der Waals surface area (Å²) in [5, 5.41) is 3.70. The fraction of sp³-hybridized carbons (Fsp3) is 0.667. The van der Waals surface area contributed by atoms with E-state index in [2.05, 4.69) is 6.92 Å². The second-order valence-electron chi connectivity index (χ2n) is 3.93. The lowest BCUT2D eigenvalue weighted by molar-refractivity contribution is 0.278. The van der Waals surface area contributed by atoms with E-state index in [0.29, 0.717) is 12.4 Å². The molecule has 1 aromatic rings. The molecule has 0 radical (unpaired) electrons. The summed E-state index contributed by atoms with van der Waals surface area (Å²) < 4.78 is 21.7. The molecule has 1 unspecified atom stereocenters. The second kappa shape index (κ2) is 9.69. The topological polar surface area (TPSA) is 35.5 Å². The van der Waals surface area contributed by atoms with Crippen LogP contribution in [0.25, 0.3) is 0 Å². The van der Waals surface area contributed by atoms with E-state index in [4.69, 9.17) is 9.05 Å². The third kappa shape index (κ3) is 7.58. The van der Waals surface area contributed by atoms with E-state index in [1.165, 1.54) is 37.0 Å². The van der Waals surface area contributed by atoms with Gasteiger partial charge in [-0.25, -0.2) is 4.57 Å². The van der Waals surface area contributed by atoms with Gasteiger partial charge in [0, 0.05) is 5.38 Å². The van der Waals surface area contributed by atoms with Crippen molar-refractivity contribution in [3.8, 4) is 5.75 Å². The molecule has 1 rings (SSSR count). The molecule has 1 atom stereocenters. The van der Waals surface area contributed by atoms with Crippen molar-refractivity contribution in [2.45, 2.75) is 45.4 Å². The molecule has 17 heavy (non-hydrogen) atoms. The summed E-state index contributed by atoms with van der Waals surface area (Å²) in [4.78, 5) is 0. The smallest absolute Gasteiger partial charge is 0.367 e. The lowest BCUT2D eigenvalue weighted by Gasteiger charge is -2.05. The standard InChI is InChI=1S/C12H21O3PS/c1-2-3-4-5-6-7-9-14-16(13)15-12-8-10-17-11-12/h8,10-11,16H,2-7,9H2,1H3. The van der Waals surface area contributed by atoms with Gasteiger partial charge in [-0.3, -0.25) is 0 Å². The lowest BCUT2D eigenvalue weighted by Crippen LogP contribution is -1.90. The van der Waals surface area contributed by atoms with Gasteiger partial charge < -0.3 is 9.05 Å². The van der Waals surface area contributed by atoms with Crippen molar-refractivity contribution in [2.75, 3.05) is 6.61 Å². The van der Waals surface area contributed by atoms with E-state index in [1.54, 1.807) is 6.07 Å². The Morgan fingerprint density at radius 2 is 2.00 bits per heavy atom. The highest BCUT2D eigenvalue weighted by molar-refractivity contribution is 7.33. The van der Waals surface area contributed by atoms with Gasteiger partial charge in [0.15, 0.2) is 0 Å². The summed E-state index contributed by atoms with van der Waals surface area (Å²) in [5.74, 6) is 0.641. The largest absolute Gasteiger partial charge is 0.425 e. The SMILES string of the molecule is CCCCCCCCO[PH](=O)Oc1ccsc1. The van der Waals surface area contributed by atoms with Crippen LogP contribution in [0.3, 0.4) is 0 Å². The molecule has 0 aliphatic carbocycles. The number of hydrogen-bond donors (Lipinski definition) is 0. The third-order valence-corrected chi connectivity index (χ3v) is 3.92. The van der Waals surface area contributed by atoms with Crippen molar-refractivity contribution in [1.29, 1.82) is 0 Å². The van der Waals surface area contributed by atoms with Gasteiger partial charge in [0.25, 0.3) is 0 Å². The molecular weight excluding hydrogens is 255 g/mol. The summed E-state index contributed by atoms with van der Waals surface area (Å²) in [6.07, 6.45) is 7.21. The normalized spacial score (nSPS) is 12.5. The molecule has 0 amide bonds. The quantitative estimate of drug-likeness (QED) is 0.450. The minimum absolute atomic E-state index is 0.536. The van der Waals surface area contributed by atoms with E-state index in [-0.39, 0.29) is 0 Å². The first-order chi connectivity index (χ1) is 8.33. The van der Waals surface area contributed by atoms with Gasteiger partial charge in [0.05, 0.1) is 6.61 Å². The van der Waals surface area contributed by atoms with Crippen molar-refractivity contribution in [3.63, 3.8) is 0 Å². The highest BCUT2D eigenvalue weighted by Crippen LogP contribution is 2.29. The van der Waals surface area contributed by atoms with Gasteiger partial charge in [-0.2, -0.15) is 0 Å². The zero-order chi connectivity index (χ0) is 12.3. The average molecular weight is 276 g/mol. The van der Waals surface area contributed by atoms with Crippen LogP contribution >= 0.6 is 19.6 Å². The van der Waals surface area contributed by atoms with Crippen LogP contribution in [0.1, 0.15) is 45.4 Å². The number of rotatable bonds is 10. The molecule has 0 saturated carbocycles.